The molecule has 0 aliphatic rings. The molecule has 1 aromatic heterocycles. The largest absolute Gasteiger partial charge is 0.497 e. The number of amides is 2. The maximum absolute atomic E-state index is 12.4. The molecule has 8 heteroatoms. The first-order chi connectivity index (χ1) is 14.4. The minimum Gasteiger partial charge on any atom is -0.497 e. The summed E-state index contributed by atoms with van der Waals surface area (Å²) < 4.78 is 20.7. The highest BCUT2D eigenvalue weighted by molar-refractivity contribution is 6.09. The van der Waals surface area contributed by atoms with Crippen LogP contribution in [0, 0.1) is 0 Å². The number of benzene rings is 2. The van der Waals surface area contributed by atoms with E-state index in [1.165, 1.54) is 38.5 Å². The van der Waals surface area contributed by atoms with Crippen molar-refractivity contribution >= 4 is 28.9 Å². The predicted octanol–water partition coefficient (Wildman–Crippen LogP) is 2.79. The molecule has 30 heavy (non-hydrogen) atoms. The number of nitrogens with one attached hydrogen (secondary N) is 1. The standard InChI is InChI=1S/C22H19NO7/c1-27-14-7-4-13(5-8-14)6-9-20(24)23-21(25)17-12-16-18(29-3)10-15(28-2)11-19(16)30-22(17)26/h4-12H,1-3H3,(H,23,24,25). The number of methoxy groups -OCH3 is 3. The molecular weight excluding hydrogens is 390 g/mol. The molecule has 8 nitrogen and oxygen atoms in total. The summed E-state index contributed by atoms with van der Waals surface area (Å²) in [6.07, 6.45) is 2.72. The first kappa shape index (κ1) is 20.7. The Morgan fingerprint density at radius 2 is 1.63 bits per heavy atom. The SMILES string of the molecule is COc1ccc(C=CC(=O)NC(=O)c2cc3c(OC)cc(OC)cc3oc2=O)cc1. The first-order valence-electron chi connectivity index (χ1n) is 8.82. The molecule has 3 aromatic rings. The van der Waals surface area contributed by atoms with Crippen molar-refractivity contribution in [2.24, 2.45) is 0 Å². The molecule has 0 saturated heterocycles. The van der Waals surface area contributed by atoms with Gasteiger partial charge in [-0.05, 0) is 29.8 Å². The number of hydrogen-bond donors (Lipinski definition) is 1. The van der Waals surface area contributed by atoms with Crippen LogP contribution in [0.5, 0.6) is 17.2 Å². The van der Waals surface area contributed by atoms with Crippen LogP contribution in [0.1, 0.15) is 15.9 Å². The smallest absolute Gasteiger partial charge is 0.349 e. The lowest BCUT2D eigenvalue weighted by Gasteiger charge is -2.08. The van der Waals surface area contributed by atoms with Crippen molar-refractivity contribution in [2.45, 2.75) is 0 Å². The lowest BCUT2D eigenvalue weighted by atomic mass is 10.1. The molecule has 0 unspecified atom stereocenters. The van der Waals surface area contributed by atoms with E-state index in [-0.39, 0.29) is 11.1 Å². The maximum Gasteiger partial charge on any atom is 0.349 e. The van der Waals surface area contributed by atoms with Gasteiger partial charge < -0.3 is 18.6 Å². The monoisotopic (exact) mass is 409 g/mol. The molecule has 1 heterocycles. The van der Waals surface area contributed by atoms with E-state index < -0.39 is 17.4 Å². The average Bonchev–Trinajstić information content (AvgIpc) is 2.76. The fourth-order valence-corrected chi connectivity index (χ4v) is 2.71. The van der Waals surface area contributed by atoms with Gasteiger partial charge >= 0.3 is 5.63 Å². The van der Waals surface area contributed by atoms with Gasteiger partial charge in [0.1, 0.15) is 28.4 Å². The number of carbonyl (C=O) groups is 2. The second-order valence-electron chi connectivity index (χ2n) is 6.11. The van der Waals surface area contributed by atoms with Crippen molar-refractivity contribution in [3.8, 4) is 17.2 Å². The summed E-state index contributed by atoms with van der Waals surface area (Å²) in [6, 6.07) is 11.4. The average molecular weight is 409 g/mol. The Bertz CT molecular complexity index is 1180. The highest BCUT2D eigenvalue weighted by Crippen LogP contribution is 2.30. The van der Waals surface area contributed by atoms with E-state index >= 15 is 0 Å². The zero-order valence-corrected chi connectivity index (χ0v) is 16.6. The van der Waals surface area contributed by atoms with Gasteiger partial charge in [0.15, 0.2) is 0 Å². The van der Waals surface area contributed by atoms with Gasteiger partial charge in [-0.25, -0.2) is 4.79 Å². The fraction of sp³-hybridized carbons (Fsp3) is 0.136. The van der Waals surface area contributed by atoms with E-state index in [2.05, 4.69) is 5.32 Å². The van der Waals surface area contributed by atoms with Crippen LogP contribution in [0.4, 0.5) is 0 Å². The number of carbonyl (C=O) groups excluding carboxylic acids is 2. The molecule has 3 rings (SSSR count). The Labute approximate surface area is 171 Å². The molecule has 0 radical (unpaired) electrons. The van der Waals surface area contributed by atoms with Crippen molar-refractivity contribution in [3.05, 3.63) is 70.1 Å². The summed E-state index contributed by atoms with van der Waals surface area (Å²) in [4.78, 5) is 36.8. The summed E-state index contributed by atoms with van der Waals surface area (Å²) in [7, 11) is 4.46. The first-order valence-corrected chi connectivity index (χ1v) is 8.82. The van der Waals surface area contributed by atoms with Crippen LogP contribution in [0.25, 0.3) is 17.0 Å². The number of rotatable bonds is 6. The van der Waals surface area contributed by atoms with Crippen LogP contribution in [0.15, 0.2) is 57.8 Å². The topological polar surface area (TPSA) is 104 Å². The molecule has 154 valence electrons. The zero-order chi connectivity index (χ0) is 21.7. The van der Waals surface area contributed by atoms with E-state index in [0.717, 1.165) is 5.56 Å². The Hall–Kier alpha value is -4.07. The minimum absolute atomic E-state index is 0.193. The molecule has 0 fully saturated rings. The van der Waals surface area contributed by atoms with Gasteiger partial charge in [-0.1, -0.05) is 12.1 Å². The number of fused-ring (bicyclic) bond motifs is 1. The maximum atomic E-state index is 12.4. The summed E-state index contributed by atoms with van der Waals surface area (Å²) in [5.74, 6) is -0.0980. The van der Waals surface area contributed by atoms with E-state index in [1.54, 1.807) is 37.4 Å². The molecule has 2 aromatic carbocycles. The quantitative estimate of drug-likeness (QED) is 0.493. The zero-order valence-electron chi connectivity index (χ0n) is 16.6. The second-order valence-corrected chi connectivity index (χ2v) is 6.11. The molecule has 0 saturated carbocycles. The van der Waals surface area contributed by atoms with Crippen LogP contribution in [-0.4, -0.2) is 33.1 Å². The van der Waals surface area contributed by atoms with Gasteiger partial charge in [0, 0.05) is 18.2 Å². The highest BCUT2D eigenvalue weighted by Gasteiger charge is 2.18. The Morgan fingerprint density at radius 3 is 2.27 bits per heavy atom. The van der Waals surface area contributed by atoms with E-state index in [0.29, 0.717) is 22.6 Å². The third-order valence-corrected chi connectivity index (χ3v) is 4.27. The van der Waals surface area contributed by atoms with Gasteiger partial charge in [-0.3, -0.25) is 14.9 Å². The van der Waals surface area contributed by atoms with E-state index in [9.17, 15) is 14.4 Å². The van der Waals surface area contributed by atoms with Gasteiger partial charge in [0.05, 0.1) is 26.7 Å². The van der Waals surface area contributed by atoms with Gasteiger partial charge in [-0.2, -0.15) is 0 Å². The summed E-state index contributed by atoms with van der Waals surface area (Å²) in [5.41, 5.74) is -0.278. The lowest BCUT2D eigenvalue weighted by molar-refractivity contribution is -0.115. The summed E-state index contributed by atoms with van der Waals surface area (Å²) >= 11 is 0. The van der Waals surface area contributed by atoms with Crippen molar-refractivity contribution < 1.29 is 28.2 Å². The Morgan fingerprint density at radius 1 is 0.933 bits per heavy atom. The molecule has 2 amide bonds. The summed E-state index contributed by atoms with van der Waals surface area (Å²) in [5, 5.41) is 2.53. The van der Waals surface area contributed by atoms with Crippen molar-refractivity contribution in [3.63, 3.8) is 0 Å². The van der Waals surface area contributed by atoms with Crippen molar-refractivity contribution in [2.75, 3.05) is 21.3 Å². The molecule has 0 aliphatic carbocycles. The van der Waals surface area contributed by atoms with Crippen LogP contribution in [0.3, 0.4) is 0 Å². The van der Waals surface area contributed by atoms with Crippen LogP contribution >= 0.6 is 0 Å². The van der Waals surface area contributed by atoms with Gasteiger partial charge in [0.2, 0.25) is 0 Å². The molecular formula is C22H19NO7. The fourth-order valence-electron chi connectivity index (χ4n) is 2.71. The molecule has 0 aliphatic heterocycles. The van der Waals surface area contributed by atoms with Crippen molar-refractivity contribution in [1.82, 2.24) is 5.32 Å². The molecule has 0 atom stereocenters. The minimum atomic E-state index is -0.887. The number of ether oxygens (including phenoxy) is 3. The van der Waals surface area contributed by atoms with E-state index in [4.69, 9.17) is 18.6 Å². The van der Waals surface area contributed by atoms with Crippen LogP contribution < -0.4 is 25.2 Å². The molecule has 0 spiro atoms. The third kappa shape index (κ3) is 4.49. The predicted molar refractivity (Wildman–Crippen MR) is 110 cm³/mol. The normalized spacial score (nSPS) is 10.8. The van der Waals surface area contributed by atoms with Crippen molar-refractivity contribution in [1.29, 1.82) is 0 Å². The second kappa shape index (κ2) is 8.95. The van der Waals surface area contributed by atoms with Crippen LogP contribution in [-0.2, 0) is 4.79 Å². The molecule has 1 N–H and O–H groups in total. The van der Waals surface area contributed by atoms with Gasteiger partial charge in [-0.15, -0.1) is 0 Å². The Kier molecular flexibility index (Phi) is 6.17. The van der Waals surface area contributed by atoms with E-state index in [1.807, 2.05) is 0 Å². The highest BCUT2D eigenvalue weighted by atomic mass is 16.5. The van der Waals surface area contributed by atoms with Gasteiger partial charge in [0.25, 0.3) is 11.8 Å². The third-order valence-electron chi connectivity index (χ3n) is 4.27. The number of imide groups is 1. The Balaban J connectivity index is 1.81. The lowest BCUT2D eigenvalue weighted by Crippen LogP contribution is -2.32. The number of hydrogen-bond acceptors (Lipinski definition) is 7. The summed E-state index contributed by atoms with van der Waals surface area (Å²) in [6.45, 7) is 0. The molecule has 0 bridgehead atoms. The van der Waals surface area contributed by atoms with Crippen LogP contribution in [0.2, 0.25) is 0 Å².